The Labute approximate surface area is 193 Å². The van der Waals surface area contributed by atoms with Crippen LogP contribution >= 0.6 is 0 Å². The zero-order valence-electron chi connectivity index (χ0n) is 19.8. The number of nitrogens with zero attached hydrogens (tertiary/aromatic N) is 4. The first kappa shape index (κ1) is 24.4. The molecule has 9 heteroatoms. The zero-order valence-corrected chi connectivity index (χ0v) is 19.8. The van der Waals surface area contributed by atoms with Crippen molar-refractivity contribution in [1.82, 2.24) is 18.9 Å². The van der Waals surface area contributed by atoms with Gasteiger partial charge in [-0.25, -0.2) is 4.79 Å². The van der Waals surface area contributed by atoms with E-state index in [9.17, 15) is 19.2 Å². The smallest absolute Gasteiger partial charge is 0.332 e. The van der Waals surface area contributed by atoms with Crippen LogP contribution in [0.4, 0.5) is 5.82 Å². The van der Waals surface area contributed by atoms with E-state index in [2.05, 4.69) is 6.92 Å². The molecule has 0 radical (unpaired) electrons. The number of nitrogen functional groups attached to an aromatic ring is 1. The Morgan fingerprint density at radius 2 is 1.64 bits per heavy atom. The van der Waals surface area contributed by atoms with Gasteiger partial charge in [-0.15, -0.1) is 0 Å². The number of aryl methyl sites for hydroxylation is 1. The molecule has 0 spiro atoms. The number of hydrogen-bond acceptors (Lipinski definition) is 6. The van der Waals surface area contributed by atoms with E-state index in [-0.39, 0.29) is 29.8 Å². The monoisotopic (exact) mass is 455 g/mol. The topological polar surface area (TPSA) is 111 Å². The van der Waals surface area contributed by atoms with E-state index in [0.717, 1.165) is 11.0 Å². The third-order valence-electron chi connectivity index (χ3n) is 6.05. The molecule has 2 aromatic rings. The second-order valence-electron chi connectivity index (χ2n) is 8.95. The Morgan fingerprint density at radius 1 is 1.03 bits per heavy atom. The van der Waals surface area contributed by atoms with Crippen LogP contribution in [-0.4, -0.2) is 63.3 Å². The van der Waals surface area contributed by atoms with Gasteiger partial charge in [-0.1, -0.05) is 32.9 Å². The summed E-state index contributed by atoms with van der Waals surface area (Å²) in [7, 11) is 1.36. The molecule has 33 heavy (non-hydrogen) atoms. The second-order valence-corrected chi connectivity index (χ2v) is 8.95. The highest BCUT2D eigenvalue weighted by Crippen LogP contribution is 2.13. The summed E-state index contributed by atoms with van der Waals surface area (Å²) in [4.78, 5) is 54.6. The minimum atomic E-state index is -0.674. The van der Waals surface area contributed by atoms with Crippen LogP contribution in [0.1, 0.15) is 47.1 Å². The molecule has 178 valence electrons. The third-order valence-corrected chi connectivity index (χ3v) is 6.05. The van der Waals surface area contributed by atoms with Crippen molar-refractivity contribution in [3.05, 3.63) is 61.8 Å². The molecule has 2 heterocycles. The fourth-order valence-electron chi connectivity index (χ4n) is 4.04. The predicted molar refractivity (Wildman–Crippen MR) is 128 cm³/mol. The van der Waals surface area contributed by atoms with Gasteiger partial charge in [-0.2, -0.15) is 0 Å². The fraction of sp³-hybridized carbons (Fsp3) is 0.500. The van der Waals surface area contributed by atoms with Gasteiger partial charge in [-0.05, 0) is 30.0 Å². The van der Waals surface area contributed by atoms with E-state index < -0.39 is 17.0 Å². The molecule has 1 amide bonds. The molecule has 1 aliphatic rings. The van der Waals surface area contributed by atoms with Gasteiger partial charge in [0, 0.05) is 45.3 Å². The third kappa shape index (κ3) is 5.24. The van der Waals surface area contributed by atoms with Gasteiger partial charge in [-0.3, -0.25) is 28.4 Å². The second kappa shape index (κ2) is 10.2. The first-order valence-electron chi connectivity index (χ1n) is 11.4. The highest BCUT2D eigenvalue weighted by molar-refractivity contribution is 6.01. The van der Waals surface area contributed by atoms with Crippen molar-refractivity contribution in [2.75, 3.05) is 38.5 Å². The van der Waals surface area contributed by atoms with Gasteiger partial charge in [0.2, 0.25) is 0 Å². The lowest BCUT2D eigenvalue weighted by atomic mass is 10.1. The normalized spacial score (nSPS) is 14.6. The lowest BCUT2D eigenvalue weighted by Gasteiger charge is -2.34. The molecule has 0 atom stereocenters. The molecule has 2 N–H and O–H groups in total. The quantitative estimate of drug-likeness (QED) is 0.624. The maximum Gasteiger partial charge on any atom is 0.332 e. The van der Waals surface area contributed by atoms with Crippen molar-refractivity contribution in [3.63, 3.8) is 0 Å². The largest absolute Gasteiger partial charge is 0.384 e. The van der Waals surface area contributed by atoms with E-state index in [1.165, 1.54) is 17.2 Å². The van der Waals surface area contributed by atoms with Gasteiger partial charge in [0.25, 0.3) is 11.5 Å². The minimum Gasteiger partial charge on any atom is -0.384 e. The van der Waals surface area contributed by atoms with Crippen molar-refractivity contribution in [2.24, 2.45) is 13.0 Å². The van der Waals surface area contributed by atoms with Crippen LogP contribution < -0.4 is 17.0 Å². The predicted octanol–water partition coefficient (Wildman–Crippen LogP) is 0.988. The highest BCUT2D eigenvalue weighted by atomic mass is 16.2. The number of nitrogens with two attached hydrogens (primary N) is 1. The molecular weight excluding hydrogens is 422 g/mol. The summed E-state index contributed by atoms with van der Waals surface area (Å²) >= 11 is 0. The lowest BCUT2D eigenvalue weighted by molar-refractivity contribution is 0.0624. The Bertz CT molecular complexity index is 1140. The summed E-state index contributed by atoms with van der Waals surface area (Å²) in [5.74, 6) is -0.400. The molecule has 1 aromatic carbocycles. The SMILES string of the molecule is CCc1ccc(C(=O)N2CCN(CC(=O)c3c(N)n(CC(C)C)c(=O)n(C)c3=O)CC2)cc1. The maximum atomic E-state index is 13.0. The molecule has 0 aliphatic carbocycles. The van der Waals surface area contributed by atoms with E-state index in [0.29, 0.717) is 38.3 Å². The number of hydrogen-bond donors (Lipinski definition) is 1. The van der Waals surface area contributed by atoms with E-state index >= 15 is 0 Å². The summed E-state index contributed by atoms with van der Waals surface area (Å²) in [6.07, 6.45) is 0.920. The summed E-state index contributed by atoms with van der Waals surface area (Å²) < 4.78 is 2.23. The first-order chi connectivity index (χ1) is 15.6. The number of carbonyl (C=O) groups is 2. The van der Waals surface area contributed by atoms with Crippen molar-refractivity contribution in [1.29, 1.82) is 0 Å². The number of rotatable bonds is 7. The molecule has 0 bridgehead atoms. The van der Waals surface area contributed by atoms with Gasteiger partial charge < -0.3 is 10.6 Å². The van der Waals surface area contributed by atoms with Crippen molar-refractivity contribution in [3.8, 4) is 0 Å². The average molecular weight is 456 g/mol. The van der Waals surface area contributed by atoms with Crippen LogP contribution in [0, 0.1) is 5.92 Å². The molecular formula is C24H33N5O4. The van der Waals surface area contributed by atoms with E-state index in [1.807, 2.05) is 43.0 Å². The Kier molecular flexibility index (Phi) is 7.53. The van der Waals surface area contributed by atoms with Gasteiger partial charge in [0.05, 0.1) is 6.54 Å². The van der Waals surface area contributed by atoms with Crippen molar-refractivity contribution < 1.29 is 9.59 Å². The summed E-state index contributed by atoms with van der Waals surface area (Å²) in [6.45, 7) is 8.25. The van der Waals surface area contributed by atoms with Crippen molar-refractivity contribution in [2.45, 2.75) is 33.7 Å². The van der Waals surface area contributed by atoms with Crippen LogP contribution in [0.3, 0.4) is 0 Å². The number of Topliss-reactive ketones (excluding diaryl/α,β-unsaturated/α-hetero) is 1. The van der Waals surface area contributed by atoms with E-state index in [4.69, 9.17) is 5.73 Å². The molecule has 3 rings (SSSR count). The molecule has 1 aromatic heterocycles. The number of amides is 1. The molecule has 1 fully saturated rings. The van der Waals surface area contributed by atoms with Crippen LogP contribution in [-0.2, 0) is 20.0 Å². The number of anilines is 1. The molecule has 9 nitrogen and oxygen atoms in total. The summed E-state index contributed by atoms with van der Waals surface area (Å²) in [5.41, 5.74) is 6.60. The fourth-order valence-corrected chi connectivity index (χ4v) is 4.04. The molecule has 0 saturated carbocycles. The Balaban J connectivity index is 1.69. The van der Waals surface area contributed by atoms with Gasteiger partial charge >= 0.3 is 5.69 Å². The number of ketones is 1. The van der Waals surface area contributed by atoms with Gasteiger partial charge in [0.1, 0.15) is 11.4 Å². The number of piperazine rings is 1. The Hall–Kier alpha value is -3.20. The van der Waals surface area contributed by atoms with Gasteiger partial charge in [0.15, 0.2) is 5.78 Å². The molecule has 1 saturated heterocycles. The molecule has 1 aliphatic heterocycles. The van der Waals surface area contributed by atoms with Crippen LogP contribution in [0.25, 0.3) is 0 Å². The number of benzene rings is 1. The maximum absolute atomic E-state index is 13.0. The summed E-state index contributed by atoms with van der Waals surface area (Å²) in [5, 5.41) is 0. The lowest BCUT2D eigenvalue weighted by Crippen LogP contribution is -2.50. The highest BCUT2D eigenvalue weighted by Gasteiger charge is 2.27. The minimum absolute atomic E-state index is 0.00650. The Morgan fingerprint density at radius 3 is 2.18 bits per heavy atom. The average Bonchev–Trinajstić information content (AvgIpc) is 2.80. The van der Waals surface area contributed by atoms with Crippen LogP contribution in [0.5, 0.6) is 0 Å². The number of carbonyl (C=O) groups excluding carboxylic acids is 2. The van der Waals surface area contributed by atoms with Crippen LogP contribution in [0.15, 0.2) is 33.9 Å². The van der Waals surface area contributed by atoms with Crippen LogP contribution in [0.2, 0.25) is 0 Å². The number of aromatic nitrogens is 2. The van der Waals surface area contributed by atoms with E-state index in [1.54, 1.807) is 4.90 Å². The first-order valence-corrected chi connectivity index (χ1v) is 11.4. The summed E-state index contributed by atoms with van der Waals surface area (Å²) in [6, 6.07) is 7.63. The van der Waals surface area contributed by atoms with Crippen molar-refractivity contribution >= 4 is 17.5 Å². The standard InChI is InChI=1S/C24H33N5O4/c1-5-17-6-8-18(9-7-17)22(31)28-12-10-27(11-13-28)15-19(30)20-21(25)29(14-16(2)3)24(33)26(4)23(20)32/h6-9,16H,5,10-15,25H2,1-4H3. The molecule has 0 unspecified atom stereocenters. The zero-order chi connectivity index (χ0) is 24.3.